The fourth-order valence-corrected chi connectivity index (χ4v) is 4.43. The van der Waals surface area contributed by atoms with Gasteiger partial charge in [-0.1, -0.05) is 34.1 Å². The van der Waals surface area contributed by atoms with Gasteiger partial charge in [-0.15, -0.1) is 0 Å². The molecule has 7 heteroatoms. The highest BCUT2D eigenvalue weighted by Crippen LogP contribution is 2.34. The van der Waals surface area contributed by atoms with Crippen molar-refractivity contribution < 1.29 is 19.1 Å². The molecule has 0 fully saturated rings. The molecule has 162 valence electrons. The number of hydrogen-bond acceptors (Lipinski definition) is 5. The SMILES string of the molecule is COC(=O)[C@H]1C=C[C@@H](Cc2cn(C(=O)OC(C)(C)C)c3c(C)ccc(Br)c23)N(C)C1. The number of aromatic nitrogens is 1. The van der Waals surface area contributed by atoms with Gasteiger partial charge in [0.05, 0.1) is 18.5 Å². The van der Waals surface area contributed by atoms with E-state index in [1.165, 1.54) is 7.11 Å². The lowest BCUT2D eigenvalue weighted by atomic mass is 9.96. The molecule has 1 aliphatic rings. The second-order valence-corrected chi connectivity index (χ2v) is 9.67. The van der Waals surface area contributed by atoms with Crippen molar-refractivity contribution in [1.29, 1.82) is 0 Å². The number of hydrogen-bond donors (Lipinski definition) is 0. The molecular formula is C23H29BrN2O4. The predicted molar refractivity (Wildman–Crippen MR) is 121 cm³/mol. The van der Waals surface area contributed by atoms with Crippen LogP contribution in [0.4, 0.5) is 4.79 Å². The Hall–Kier alpha value is -2.12. The molecule has 30 heavy (non-hydrogen) atoms. The zero-order valence-electron chi connectivity index (χ0n) is 18.4. The van der Waals surface area contributed by atoms with Crippen LogP contribution in [0.2, 0.25) is 0 Å². The molecule has 0 radical (unpaired) electrons. The lowest BCUT2D eigenvalue weighted by Gasteiger charge is -2.31. The van der Waals surface area contributed by atoms with Gasteiger partial charge in [-0.3, -0.25) is 14.3 Å². The number of methoxy groups -OCH3 is 1. The van der Waals surface area contributed by atoms with Crippen LogP contribution in [0.25, 0.3) is 10.9 Å². The summed E-state index contributed by atoms with van der Waals surface area (Å²) in [4.78, 5) is 26.9. The Balaban J connectivity index is 2.00. The third kappa shape index (κ3) is 4.62. The van der Waals surface area contributed by atoms with Crippen LogP contribution >= 0.6 is 15.9 Å². The molecule has 0 aliphatic carbocycles. The van der Waals surface area contributed by atoms with Gasteiger partial charge < -0.3 is 9.47 Å². The minimum Gasteiger partial charge on any atom is -0.469 e. The molecule has 2 aromatic rings. The number of benzene rings is 1. The van der Waals surface area contributed by atoms with Crippen LogP contribution in [0.3, 0.4) is 0 Å². The van der Waals surface area contributed by atoms with Gasteiger partial charge in [0.1, 0.15) is 5.60 Å². The van der Waals surface area contributed by atoms with Crippen molar-refractivity contribution in [3.8, 4) is 0 Å². The number of esters is 1. The van der Waals surface area contributed by atoms with Gasteiger partial charge in [0.25, 0.3) is 0 Å². The minimum absolute atomic E-state index is 0.107. The van der Waals surface area contributed by atoms with Crippen molar-refractivity contribution >= 4 is 38.9 Å². The zero-order chi connectivity index (χ0) is 22.2. The topological polar surface area (TPSA) is 60.8 Å². The van der Waals surface area contributed by atoms with Gasteiger partial charge >= 0.3 is 12.1 Å². The number of halogens is 1. The second kappa shape index (κ2) is 8.55. The van der Waals surface area contributed by atoms with Crippen molar-refractivity contribution in [2.75, 3.05) is 20.7 Å². The van der Waals surface area contributed by atoms with Gasteiger partial charge in [-0.2, -0.15) is 0 Å². The van der Waals surface area contributed by atoms with Gasteiger partial charge in [-0.25, -0.2) is 4.79 Å². The van der Waals surface area contributed by atoms with Gasteiger partial charge in [0.2, 0.25) is 0 Å². The highest BCUT2D eigenvalue weighted by molar-refractivity contribution is 9.10. The Morgan fingerprint density at radius 3 is 2.53 bits per heavy atom. The molecule has 6 nitrogen and oxygen atoms in total. The Bertz CT molecular complexity index is 1000. The number of carbonyl (C=O) groups is 2. The van der Waals surface area contributed by atoms with Crippen molar-refractivity contribution in [1.82, 2.24) is 9.47 Å². The smallest absolute Gasteiger partial charge is 0.419 e. The van der Waals surface area contributed by atoms with Gasteiger partial charge in [0.15, 0.2) is 0 Å². The predicted octanol–water partition coefficient (Wildman–Crippen LogP) is 4.70. The molecule has 0 N–H and O–H groups in total. The molecule has 0 spiro atoms. The molecule has 0 amide bonds. The first-order valence-corrected chi connectivity index (χ1v) is 10.8. The van der Waals surface area contributed by atoms with Crippen LogP contribution < -0.4 is 0 Å². The quantitative estimate of drug-likeness (QED) is 0.474. The molecule has 1 aliphatic heterocycles. The molecular weight excluding hydrogens is 448 g/mol. The number of ether oxygens (including phenoxy) is 2. The first kappa shape index (κ1) is 22.6. The summed E-state index contributed by atoms with van der Waals surface area (Å²) >= 11 is 3.67. The number of aryl methyl sites for hydroxylation is 1. The first-order valence-electron chi connectivity index (χ1n) is 10.0. The van der Waals surface area contributed by atoms with Gasteiger partial charge in [-0.05, 0) is 58.4 Å². The molecule has 0 bridgehead atoms. The summed E-state index contributed by atoms with van der Waals surface area (Å²) < 4.78 is 13.1. The van der Waals surface area contributed by atoms with Crippen molar-refractivity contribution in [3.05, 3.63) is 46.1 Å². The largest absolute Gasteiger partial charge is 0.469 e. The molecule has 2 atom stereocenters. The summed E-state index contributed by atoms with van der Waals surface area (Å²) in [5.74, 6) is -0.482. The summed E-state index contributed by atoms with van der Waals surface area (Å²) in [7, 11) is 3.41. The molecule has 0 saturated heterocycles. The maximum atomic E-state index is 12.9. The fraction of sp³-hybridized carbons (Fsp3) is 0.478. The Morgan fingerprint density at radius 1 is 1.23 bits per heavy atom. The number of rotatable bonds is 3. The van der Waals surface area contributed by atoms with Crippen LogP contribution in [0.15, 0.2) is 35.0 Å². The number of fused-ring (bicyclic) bond motifs is 1. The first-order chi connectivity index (χ1) is 14.0. The van der Waals surface area contributed by atoms with E-state index in [9.17, 15) is 9.59 Å². The monoisotopic (exact) mass is 476 g/mol. The van der Waals surface area contributed by atoms with E-state index in [-0.39, 0.29) is 17.9 Å². The average molecular weight is 477 g/mol. The molecule has 2 heterocycles. The van der Waals surface area contributed by atoms with Crippen LogP contribution in [0.5, 0.6) is 0 Å². The van der Waals surface area contributed by atoms with Crippen LogP contribution in [-0.2, 0) is 20.7 Å². The second-order valence-electron chi connectivity index (χ2n) is 8.82. The fourth-order valence-electron chi connectivity index (χ4n) is 3.85. The van der Waals surface area contributed by atoms with E-state index in [2.05, 4.69) is 20.8 Å². The van der Waals surface area contributed by atoms with Crippen molar-refractivity contribution in [2.45, 2.75) is 45.8 Å². The van der Waals surface area contributed by atoms with Crippen LogP contribution in [0, 0.1) is 12.8 Å². The Labute approximate surface area is 185 Å². The minimum atomic E-state index is -0.580. The molecule has 1 aromatic carbocycles. The van der Waals surface area contributed by atoms with Crippen molar-refractivity contribution in [3.63, 3.8) is 0 Å². The number of nitrogens with zero attached hydrogens (tertiary/aromatic N) is 2. The molecule has 1 aromatic heterocycles. The normalized spacial score (nSPS) is 19.8. The summed E-state index contributed by atoms with van der Waals surface area (Å²) in [6.45, 7) is 8.17. The maximum absolute atomic E-state index is 12.9. The van der Waals surface area contributed by atoms with E-state index in [0.717, 1.165) is 26.5 Å². The summed E-state index contributed by atoms with van der Waals surface area (Å²) in [6.07, 6.45) is 6.16. The molecule has 3 rings (SSSR count). The average Bonchev–Trinajstić information content (AvgIpc) is 3.05. The molecule has 0 unspecified atom stereocenters. The maximum Gasteiger partial charge on any atom is 0.419 e. The van der Waals surface area contributed by atoms with E-state index < -0.39 is 11.7 Å². The zero-order valence-corrected chi connectivity index (χ0v) is 19.9. The van der Waals surface area contributed by atoms with E-state index in [0.29, 0.717) is 13.0 Å². The Kier molecular flexibility index (Phi) is 6.43. The van der Waals surface area contributed by atoms with E-state index in [4.69, 9.17) is 9.47 Å². The summed E-state index contributed by atoms with van der Waals surface area (Å²) in [5, 5.41) is 1.01. The standard InChI is InChI=1S/C23H29BrN2O4/c1-14-7-10-18(24)19-16(13-26(20(14)19)22(28)30-23(2,3)4)11-17-9-8-15(12-25(17)5)21(27)29-6/h7-10,13,15,17H,11-12H2,1-6H3/t15-,17-/m0/s1. The number of carbonyl (C=O) groups excluding carboxylic acids is 2. The third-order valence-corrected chi connectivity index (χ3v) is 5.98. The summed E-state index contributed by atoms with van der Waals surface area (Å²) in [5.41, 5.74) is 2.32. The molecule has 0 saturated carbocycles. The van der Waals surface area contributed by atoms with E-state index in [1.54, 1.807) is 4.57 Å². The van der Waals surface area contributed by atoms with E-state index >= 15 is 0 Å². The van der Waals surface area contributed by atoms with Gasteiger partial charge in [0, 0.05) is 28.6 Å². The third-order valence-electron chi connectivity index (χ3n) is 5.32. The Morgan fingerprint density at radius 2 is 1.93 bits per heavy atom. The number of likely N-dealkylation sites (N-methyl/N-ethyl adjacent to an activating group) is 1. The highest BCUT2D eigenvalue weighted by Gasteiger charge is 2.28. The summed E-state index contributed by atoms with van der Waals surface area (Å²) in [6, 6.07) is 4.11. The van der Waals surface area contributed by atoms with Crippen molar-refractivity contribution in [2.24, 2.45) is 5.92 Å². The lowest BCUT2D eigenvalue weighted by molar-refractivity contribution is -0.144. The lowest BCUT2D eigenvalue weighted by Crippen LogP contribution is -2.41. The van der Waals surface area contributed by atoms with E-state index in [1.807, 2.05) is 65.2 Å². The highest BCUT2D eigenvalue weighted by atomic mass is 79.9. The van der Waals surface area contributed by atoms with Crippen LogP contribution in [0.1, 0.15) is 31.9 Å². The van der Waals surface area contributed by atoms with Crippen LogP contribution in [-0.4, -0.2) is 53.9 Å².